The standard InChI is InChI=1S/C28H23NO3/c30-27(24-18-16-21(17-19-24)20-10-4-1-5-11-20)29-26(28(31)32)25(22-12-6-2-7-13-22)23-14-8-3-9-15-23/h1-19,25-26H,(H,29,30)(H,31,32)/t26-/m0/s1. The predicted octanol–water partition coefficient (Wildman–Crippen LogP) is 5.37. The van der Waals surface area contributed by atoms with Crippen LogP contribution in [0.2, 0.25) is 0 Å². The SMILES string of the molecule is O=C(N[C@H](C(=O)O)C(c1ccccc1)c1ccccc1)c1ccc(-c2ccccc2)cc1. The summed E-state index contributed by atoms with van der Waals surface area (Å²) in [6.45, 7) is 0. The number of carboxylic acids is 1. The highest BCUT2D eigenvalue weighted by atomic mass is 16.4. The first kappa shape index (κ1) is 21.1. The molecule has 4 rings (SSSR count). The van der Waals surface area contributed by atoms with Gasteiger partial charge in [0, 0.05) is 11.5 Å². The molecule has 1 amide bonds. The van der Waals surface area contributed by atoms with E-state index in [1.165, 1.54) is 0 Å². The Morgan fingerprint density at radius 3 is 1.50 bits per heavy atom. The number of hydrogen-bond donors (Lipinski definition) is 2. The van der Waals surface area contributed by atoms with Crippen molar-refractivity contribution in [2.24, 2.45) is 0 Å². The van der Waals surface area contributed by atoms with Crippen molar-refractivity contribution in [1.29, 1.82) is 0 Å². The van der Waals surface area contributed by atoms with Crippen molar-refractivity contribution in [2.75, 3.05) is 0 Å². The number of carboxylic acid groups (broad SMARTS) is 1. The van der Waals surface area contributed by atoms with E-state index in [4.69, 9.17) is 0 Å². The largest absolute Gasteiger partial charge is 0.480 e. The lowest BCUT2D eigenvalue weighted by molar-refractivity contribution is -0.139. The molecule has 0 aromatic heterocycles. The van der Waals surface area contributed by atoms with Gasteiger partial charge >= 0.3 is 5.97 Å². The van der Waals surface area contributed by atoms with E-state index in [0.29, 0.717) is 5.56 Å². The monoisotopic (exact) mass is 421 g/mol. The number of carbonyl (C=O) groups excluding carboxylic acids is 1. The van der Waals surface area contributed by atoms with Crippen molar-refractivity contribution in [1.82, 2.24) is 5.32 Å². The summed E-state index contributed by atoms with van der Waals surface area (Å²) in [5.41, 5.74) is 4.10. The van der Waals surface area contributed by atoms with E-state index in [0.717, 1.165) is 22.3 Å². The Hall–Kier alpha value is -4.18. The van der Waals surface area contributed by atoms with Crippen LogP contribution in [0.15, 0.2) is 115 Å². The first-order chi connectivity index (χ1) is 15.6. The van der Waals surface area contributed by atoms with Crippen LogP contribution in [0.4, 0.5) is 0 Å². The Bertz CT molecular complexity index is 1130. The maximum absolute atomic E-state index is 13.0. The van der Waals surface area contributed by atoms with Crippen LogP contribution in [-0.4, -0.2) is 23.0 Å². The fourth-order valence-electron chi connectivity index (χ4n) is 3.85. The van der Waals surface area contributed by atoms with Crippen LogP contribution in [0, 0.1) is 0 Å². The van der Waals surface area contributed by atoms with E-state index < -0.39 is 23.8 Å². The normalized spacial score (nSPS) is 11.7. The highest BCUT2D eigenvalue weighted by Crippen LogP contribution is 2.29. The minimum Gasteiger partial charge on any atom is -0.480 e. The topological polar surface area (TPSA) is 66.4 Å². The second-order valence-corrected chi connectivity index (χ2v) is 7.53. The average Bonchev–Trinajstić information content (AvgIpc) is 2.85. The molecular weight excluding hydrogens is 398 g/mol. The highest BCUT2D eigenvalue weighted by Gasteiger charge is 2.32. The average molecular weight is 421 g/mol. The van der Waals surface area contributed by atoms with Crippen molar-refractivity contribution >= 4 is 11.9 Å². The highest BCUT2D eigenvalue weighted by molar-refractivity contribution is 5.97. The van der Waals surface area contributed by atoms with E-state index in [-0.39, 0.29) is 0 Å². The zero-order valence-electron chi connectivity index (χ0n) is 17.4. The summed E-state index contributed by atoms with van der Waals surface area (Å²) < 4.78 is 0. The van der Waals surface area contributed by atoms with Gasteiger partial charge in [0.15, 0.2) is 0 Å². The molecule has 1 atom stereocenters. The summed E-state index contributed by atoms with van der Waals surface area (Å²) in [5.74, 6) is -2.03. The summed E-state index contributed by atoms with van der Waals surface area (Å²) in [5, 5.41) is 12.8. The van der Waals surface area contributed by atoms with Gasteiger partial charge in [-0.2, -0.15) is 0 Å². The zero-order valence-corrected chi connectivity index (χ0v) is 17.4. The summed E-state index contributed by atoms with van der Waals surface area (Å²) in [7, 11) is 0. The molecular formula is C28H23NO3. The van der Waals surface area contributed by atoms with Gasteiger partial charge in [-0.05, 0) is 34.4 Å². The van der Waals surface area contributed by atoms with Crippen molar-refractivity contribution < 1.29 is 14.7 Å². The molecule has 0 aliphatic heterocycles. The summed E-state index contributed by atoms with van der Waals surface area (Å²) in [6.07, 6.45) is 0. The minimum absolute atomic E-state index is 0.413. The molecule has 0 heterocycles. The van der Waals surface area contributed by atoms with E-state index in [1.807, 2.05) is 103 Å². The molecule has 0 aliphatic rings. The number of aliphatic carboxylic acids is 1. The molecule has 0 fully saturated rings. The van der Waals surface area contributed by atoms with E-state index >= 15 is 0 Å². The van der Waals surface area contributed by atoms with Gasteiger partial charge in [-0.15, -0.1) is 0 Å². The van der Waals surface area contributed by atoms with E-state index in [1.54, 1.807) is 12.1 Å². The molecule has 0 saturated heterocycles. The Balaban J connectivity index is 1.62. The van der Waals surface area contributed by atoms with Crippen LogP contribution in [0.5, 0.6) is 0 Å². The Labute approximate surface area is 187 Å². The van der Waals surface area contributed by atoms with Gasteiger partial charge in [0.05, 0.1) is 0 Å². The van der Waals surface area contributed by atoms with Gasteiger partial charge in [-0.1, -0.05) is 103 Å². The fraction of sp³-hybridized carbons (Fsp3) is 0.0714. The third kappa shape index (κ3) is 4.76. The third-order valence-electron chi connectivity index (χ3n) is 5.46. The minimum atomic E-state index is -1.12. The summed E-state index contributed by atoms with van der Waals surface area (Å²) in [6, 6.07) is 34.7. The zero-order chi connectivity index (χ0) is 22.3. The first-order valence-electron chi connectivity index (χ1n) is 10.4. The van der Waals surface area contributed by atoms with Gasteiger partial charge in [0.2, 0.25) is 0 Å². The van der Waals surface area contributed by atoms with Crippen LogP contribution in [0.3, 0.4) is 0 Å². The van der Waals surface area contributed by atoms with Crippen LogP contribution in [0.1, 0.15) is 27.4 Å². The molecule has 158 valence electrons. The van der Waals surface area contributed by atoms with Gasteiger partial charge in [0.25, 0.3) is 5.91 Å². The quantitative estimate of drug-likeness (QED) is 0.422. The van der Waals surface area contributed by atoms with Crippen LogP contribution >= 0.6 is 0 Å². The maximum atomic E-state index is 13.0. The smallest absolute Gasteiger partial charge is 0.327 e. The second kappa shape index (κ2) is 9.75. The van der Waals surface area contributed by atoms with Gasteiger partial charge in [-0.3, -0.25) is 4.79 Å². The molecule has 4 nitrogen and oxygen atoms in total. The van der Waals surface area contributed by atoms with Crippen LogP contribution in [0.25, 0.3) is 11.1 Å². The molecule has 2 N–H and O–H groups in total. The van der Waals surface area contributed by atoms with Gasteiger partial charge in [-0.25, -0.2) is 4.79 Å². The first-order valence-corrected chi connectivity index (χ1v) is 10.4. The van der Waals surface area contributed by atoms with Crippen LogP contribution in [-0.2, 0) is 4.79 Å². The Morgan fingerprint density at radius 1 is 0.594 bits per heavy atom. The van der Waals surface area contributed by atoms with Crippen molar-refractivity contribution in [3.05, 3.63) is 132 Å². The lowest BCUT2D eigenvalue weighted by Crippen LogP contribution is -2.45. The predicted molar refractivity (Wildman–Crippen MR) is 125 cm³/mol. The number of benzene rings is 4. The Kier molecular flexibility index (Phi) is 6.42. The van der Waals surface area contributed by atoms with Crippen LogP contribution < -0.4 is 5.32 Å². The van der Waals surface area contributed by atoms with Gasteiger partial charge < -0.3 is 10.4 Å². The van der Waals surface area contributed by atoms with Crippen molar-refractivity contribution in [2.45, 2.75) is 12.0 Å². The molecule has 32 heavy (non-hydrogen) atoms. The second-order valence-electron chi connectivity index (χ2n) is 7.53. The molecule has 0 aliphatic carbocycles. The molecule has 4 aromatic rings. The van der Waals surface area contributed by atoms with Gasteiger partial charge in [0.1, 0.15) is 6.04 Å². The van der Waals surface area contributed by atoms with E-state index in [2.05, 4.69) is 5.32 Å². The lowest BCUT2D eigenvalue weighted by atomic mass is 9.85. The summed E-state index contributed by atoms with van der Waals surface area (Å²) in [4.78, 5) is 25.3. The molecule has 4 aromatic carbocycles. The molecule has 0 saturated carbocycles. The molecule has 4 heteroatoms. The lowest BCUT2D eigenvalue weighted by Gasteiger charge is -2.26. The molecule has 0 unspecified atom stereocenters. The van der Waals surface area contributed by atoms with Crippen molar-refractivity contribution in [3.8, 4) is 11.1 Å². The number of rotatable bonds is 7. The maximum Gasteiger partial charge on any atom is 0.327 e. The summed E-state index contributed by atoms with van der Waals surface area (Å²) >= 11 is 0. The Morgan fingerprint density at radius 2 is 1.03 bits per heavy atom. The fourth-order valence-corrected chi connectivity index (χ4v) is 3.85. The van der Waals surface area contributed by atoms with Crippen molar-refractivity contribution in [3.63, 3.8) is 0 Å². The molecule has 0 radical (unpaired) electrons. The third-order valence-corrected chi connectivity index (χ3v) is 5.46. The van der Waals surface area contributed by atoms with E-state index in [9.17, 15) is 14.7 Å². The molecule has 0 spiro atoms. The number of carbonyl (C=O) groups is 2. The number of nitrogens with one attached hydrogen (secondary N) is 1. The molecule has 0 bridgehead atoms. The number of hydrogen-bond acceptors (Lipinski definition) is 2. The number of amides is 1.